The number of allylic oxidation sites excluding steroid dienone is 6. The Labute approximate surface area is 55.9 Å². The second kappa shape index (κ2) is 2.49. The maximum Gasteiger partial charge on any atom is 0.0198 e. The summed E-state index contributed by atoms with van der Waals surface area (Å²) in [7, 11) is 0. The number of rotatable bonds is 2. The van der Waals surface area contributed by atoms with Crippen LogP contribution in [0.4, 0.5) is 0 Å². The summed E-state index contributed by atoms with van der Waals surface area (Å²) < 4.78 is 0. The molecule has 0 aromatic rings. The van der Waals surface area contributed by atoms with Crippen LogP contribution in [-0.4, -0.2) is 0 Å². The first kappa shape index (κ1) is 6.09. The highest BCUT2D eigenvalue weighted by Crippen LogP contribution is 2.20. The van der Waals surface area contributed by atoms with Crippen LogP contribution in [0.25, 0.3) is 0 Å². The summed E-state index contributed by atoms with van der Waals surface area (Å²) in [5.41, 5.74) is 1.24. The van der Waals surface area contributed by atoms with Gasteiger partial charge >= 0.3 is 0 Å². The van der Waals surface area contributed by atoms with Crippen LogP contribution in [0.3, 0.4) is 0 Å². The predicted molar refractivity (Wildman–Crippen MR) is 41.1 cm³/mol. The van der Waals surface area contributed by atoms with Gasteiger partial charge in [-0.2, -0.15) is 0 Å². The van der Waals surface area contributed by atoms with Gasteiger partial charge in [-0.05, 0) is 5.57 Å². The van der Waals surface area contributed by atoms with E-state index in [1.54, 1.807) is 0 Å². The van der Waals surface area contributed by atoms with Crippen LogP contribution < -0.4 is 0 Å². The summed E-state index contributed by atoms with van der Waals surface area (Å²) in [5, 5.41) is 0. The zero-order valence-electron chi connectivity index (χ0n) is 5.38. The minimum Gasteiger partial charge on any atom is -0.102 e. The highest BCUT2D eigenvalue weighted by molar-refractivity contribution is 5.37. The van der Waals surface area contributed by atoms with Crippen LogP contribution >= 0.6 is 0 Å². The topological polar surface area (TPSA) is 0 Å². The molecule has 0 fully saturated rings. The van der Waals surface area contributed by atoms with Crippen LogP contribution in [0.15, 0.2) is 49.1 Å². The van der Waals surface area contributed by atoms with Crippen LogP contribution in [0.1, 0.15) is 0 Å². The Kier molecular flexibility index (Phi) is 1.69. The Hall–Kier alpha value is -1.04. The van der Waals surface area contributed by atoms with E-state index < -0.39 is 0 Å². The van der Waals surface area contributed by atoms with E-state index in [0.717, 1.165) is 0 Å². The zero-order chi connectivity index (χ0) is 6.69. The lowest BCUT2D eigenvalue weighted by atomic mass is 10.0. The summed E-state index contributed by atoms with van der Waals surface area (Å²) in [6.07, 6.45) is 9.97. The Morgan fingerprint density at radius 3 is 2.67 bits per heavy atom. The van der Waals surface area contributed by atoms with Gasteiger partial charge < -0.3 is 0 Å². The highest BCUT2D eigenvalue weighted by atomic mass is 14.1. The largest absolute Gasteiger partial charge is 0.102 e. The minimum atomic E-state index is 0.405. The van der Waals surface area contributed by atoms with Crippen molar-refractivity contribution in [2.75, 3.05) is 0 Å². The van der Waals surface area contributed by atoms with Gasteiger partial charge in [-0.25, -0.2) is 0 Å². The fraction of sp³-hybridized carbons (Fsp3) is 0.111. The molecular formula is C9H10. The molecule has 0 nitrogen and oxygen atoms in total. The third-order valence-electron chi connectivity index (χ3n) is 1.48. The average Bonchev–Trinajstić information content (AvgIpc) is 2.33. The Morgan fingerprint density at radius 1 is 1.44 bits per heavy atom. The molecule has 0 saturated carbocycles. The monoisotopic (exact) mass is 118 g/mol. The fourth-order valence-electron chi connectivity index (χ4n) is 0.927. The molecule has 1 aliphatic carbocycles. The van der Waals surface area contributed by atoms with Crippen molar-refractivity contribution in [1.29, 1.82) is 0 Å². The van der Waals surface area contributed by atoms with Gasteiger partial charge in [0.15, 0.2) is 0 Å². The Balaban J connectivity index is 2.76. The van der Waals surface area contributed by atoms with Gasteiger partial charge in [0.2, 0.25) is 0 Å². The fourth-order valence-corrected chi connectivity index (χ4v) is 0.927. The second-order valence-corrected chi connectivity index (χ2v) is 2.02. The molecule has 9 heavy (non-hydrogen) atoms. The first-order chi connectivity index (χ1) is 4.38. The minimum absolute atomic E-state index is 0.405. The molecule has 1 unspecified atom stereocenters. The van der Waals surface area contributed by atoms with Gasteiger partial charge in [-0.3, -0.25) is 0 Å². The van der Waals surface area contributed by atoms with Gasteiger partial charge in [0, 0.05) is 5.92 Å². The van der Waals surface area contributed by atoms with E-state index in [1.807, 2.05) is 18.2 Å². The van der Waals surface area contributed by atoms with E-state index in [4.69, 9.17) is 0 Å². The lowest BCUT2D eigenvalue weighted by molar-refractivity contribution is 1.04. The van der Waals surface area contributed by atoms with E-state index in [9.17, 15) is 0 Å². The van der Waals surface area contributed by atoms with E-state index >= 15 is 0 Å². The lowest BCUT2D eigenvalue weighted by Crippen LogP contribution is -1.87. The van der Waals surface area contributed by atoms with Crippen molar-refractivity contribution in [1.82, 2.24) is 0 Å². The molecule has 0 radical (unpaired) electrons. The summed E-state index contributed by atoms with van der Waals surface area (Å²) in [6.45, 7) is 7.39. The molecule has 0 aliphatic heterocycles. The van der Waals surface area contributed by atoms with Gasteiger partial charge in [-0.15, -0.1) is 6.58 Å². The van der Waals surface area contributed by atoms with E-state index in [2.05, 4.69) is 25.3 Å². The van der Waals surface area contributed by atoms with Gasteiger partial charge in [0.1, 0.15) is 0 Å². The van der Waals surface area contributed by atoms with Crippen LogP contribution in [0.2, 0.25) is 0 Å². The molecule has 0 N–H and O–H groups in total. The van der Waals surface area contributed by atoms with E-state index in [1.165, 1.54) is 5.57 Å². The van der Waals surface area contributed by atoms with Crippen molar-refractivity contribution in [3.8, 4) is 0 Å². The summed E-state index contributed by atoms with van der Waals surface area (Å²) >= 11 is 0. The summed E-state index contributed by atoms with van der Waals surface area (Å²) in [6, 6.07) is 0. The standard InChI is InChI=1S/C9H10/c1-3-8-6-5-7-9(8)4-2/h3-8H,1-2H2. The lowest BCUT2D eigenvalue weighted by Gasteiger charge is -2.00. The molecule has 1 aliphatic rings. The quantitative estimate of drug-likeness (QED) is 0.488. The Bertz CT molecular complexity index is 182. The molecule has 0 bridgehead atoms. The SMILES string of the molecule is C=CC1=CC=CC1C=C. The average molecular weight is 118 g/mol. The van der Waals surface area contributed by atoms with Crippen LogP contribution in [-0.2, 0) is 0 Å². The van der Waals surface area contributed by atoms with Gasteiger partial charge in [0.05, 0.1) is 0 Å². The normalized spacial score (nSPS) is 23.6. The summed E-state index contributed by atoms with van der Waals surface area (Å²) in [5.74, 6) is 0.405. The molecule has 1 rings (SSSR count). The van der Waals surface area contributed by atoms with E-state index in [0.29, 0.717) is 5.92 Å². The van der Waals surface area contributed by atoms with Gasteiger partial charge in [-0.1, -0.05) is 37.0 Å². The van der Waals surface area contributed by atoms with Crippen LogP contribution in [0, 0.1) is 5.92 Å². The molecule has 0 aromatic carbocycles. The van der Waals surface area contributed by atoms with E-state index in [-0.39, 0.29) is 0 Å². The van der Waals surface area contributed by atoms with Crippen LogP contribution in [0.5, 0.6) is 0 Å². The highest BCUT2D eigenvalue weighted by Gasteiger charge is 2.05. The molecule has 0 heterocycles. The second-order valence-electron chi connectivity index (χ2n) is 2.02. The smallest absolute Gasteiger partial charge is 0.0198 e. The molecule has 0 spiro atoms. The Morgan fingerprint density at radius 2 is 2.22 bits per heavy atom. The molecule has 1 atom stereocenters. The van der Waals surface area contributed by atoms with Crippen molar-refractivity contribution in [3.05, 3.63) is 49.1 Å². The summed E-state index contributed by atoms with van der Waals surface area (Å²) in [4.78, 5) is 0. The number of hydrogen-bond donors (Lipinski definition) is 0. The first-order valence-corrected chi connectivity index (χ1v) is 3.02. The molecular weight excluding hydrogens is 108 g/mol. The van der Waals surface area contributed by atoms with Crippen molar-refractivity contribution < 1.29 is 0 Å². The first-order valence-electron chi connectivity index (χ1n) is 3.02. The van der Waals surface area contributed by atoms with Crippen molar-refractivity contribution in [2.24, 2.45) is 5.92 Å². The van der Waals surface area contributed by atoms with Crippen molar-refractivity contribution >= 4 is 0 Å². The molecule has 0 heteroatoms. The van der Waals surface area contributed by atoms with Crippen molar-refractivity contribution in [3.63, 3.8) is 0 Å². The molecule has 0 amide bonds. The maximum absolute atomic E-state index is 3.70. The maximum atomic E-state index is 3.70. The molecule has 0 aromatic heterocycles. The van der Waals surface area contributed by atoms with Gasteiger partial charge in [0.25, 0.3) is 0 Å². The third kappa shape index (κ3) is 1.02. The third-order valence-corrected chi connectivity index (χ3v) is 1.48. The molecule has 0 saturated heterocycles. The van der Waals surface area contributed by atoms with Crippen molar-refractivity contribution in [2.45, 2.75) is 0 Å². The predicted octanol–water partition coefficient (Wildman–Crippen LogP) is 2.47. The zero-order valence-corrected chi connectivity index (χ0v) is 5.38. The molecule has 46 valence electrons. The number of hydrogen-bond acceptors (Lipinski definition) is 0.